The molecule has 214 valence electrons. The molecule has 0 aliphatic heterocycles. The Morgan fingerprint density at radius 3 is 2.36 bits per heavy atom. The molecule has 0 atom stereocenters. The first kappa shape index (κ1) is 25.4. The van der Waals surface area contributed by atoms with Crippen LogP contribution < -0.4 is 0 Å². The minimum atomic E-state index is -0.0924. The van der Waals surface area contributed by atoms with Gasteiger partial charge in [0.1, 0.15) is 0 Å². The summed E-state index contributed by atoms with van der Waals surface area (Å²) in [4.78, 5) is 0. The molecule has 2 aromatic heterocycles. The zero-order valence-electron chi connectivity index (χ0n) is 25.4. The van der Waals surface area contributed by atoms with Crippen molar-refractivity contribution in [3.05, 3.63) is 144 Å². The molecule has 0 bridgehead atoms. The van der Waals surface area contributed by atoms with Crippen LogP contribution in [0.4, 0.5) is 0 Å². The van der Waals surface area contributed by atoms with E-state index in [9.17, 15) is 0 Å². The molecule has 2 heteroatoms. The highest BCUT2D eigenvalue weighted by molar-refractivity contribution is 7.25. The van der Waals surface area contributed by atoms with Crippen molar-refractivity contribution in [2.75, 3.05) is 0 Å². The largest absolute Gasteiger partial charge is 0.310 e. The number of aromatic nitrogens is 1. The van der Waals surface area contributed by atoms with Crippen LogP contribution in [0, 0.1) is 0 Å². The van der Waals surface area contributed by atoms with Gasteiger partial charge in [0.25, 0.3) is 0 Å². The van der Waals surface area contributed by atoms with E-state index in [0.717, 1.165) is 12.8 Å². The quantitative estimate of drug-likeness (QED) is 0.188. The van der Waals surface area contributed by atoms with E-state index < -0.39 is 0 Å². The minimum Gasteiger partial charge on any atom is -0.310 e. The zero-order valence-corrected chi connectivity index (χ0v) is 26.2. The lowest BCUT2D eigenvalue weighted by Gasteiger charge is -2.23. The van der Waals surface area contributed by atoms with E-state index in [1.807, 2.05) is 11.3 Å². The van der Waals surface area contributed by atoms with Gasteiger partial charge in [-0.15, -0.1) is 11.3 Å². The summed E-state index contributed by atoms with van der Waals surface area (Å²) in [6.45, 7) is 4.81. The molecule has 2 aliphatic carbocycles. The highest BCUT2D eigenvalue weighted by Crippen LogP contribution is 2.52. The predicted molar refractivity (Wildman–Crippen MR) is 194 cm³/mol. The zero-order chi connectivity index (χ0) is 29.9. The normalized spacial score (nSPS) is 14.8. The Labute approximate surface area is 266 Å². The van der Waals surface area contributed by atoms with Crippen molar-refractivity contribution in [3.63, 3.8) is 0 Å². The Hall–Kier alpha value is -4.92. The van der Waals surface area contributed by atoms with Crippen molar-refractivity contribution >= 4 is 59.3 Å². The topological polar surface area (TPSA) is 4.93 Å². The third-order valence-electron chi connectivity index (χ3n) is 10.5. The lowest BCUT2D eigenvalue weighted by Crippen LogP contribution is -2.15. The first-order chi connectivity index (χ1) is 22.1. The van der Waals surface area contributed by atoms with Crippen molar-refractivity contribution in [1.82, 2.24) is 4.57 Å². The first-order valence-electron chi connectivity index (χ1n) is 16.0. The maximum Gasteiger partial charge on any atom is 0.0537 e. The Balaban J connectivity index is 1.13. The molecule has 1 nitrogen and oxygen atoms in total. The number of hydrogen-bond acceptors (Lipinski definition) is 1. The van der Waals surface area contributed by atoms with Gasteiger partial charge < -0.3 is 4.57 Å². The van der Waals surface area contributed by atoms with Gasteiger partial charge in [-0.05, 0) is 105 Å². The average molecular weight is 594 g/mol. The maximum atomic E-state index is 2.50. The number of fused-ring (bicyclic) bond motifs is 10. The summed E-state index contributed by atoms with van der Waals surface area (Å²) in [5.74, 6) is 0. The van der Waals surface area contributed by atoms with E-state index in [4.69, 9.17) is 0 Å². The van der Waals surface area contributed by atoms with Gasteiger partial charge in [-0.3, -0.25) is 0 Å². The molecule has 2 aliphatic rings. The van der Waals surface area contributed by atoms with Gasteiger partial charge in [0.15, 0.2) is 0 Å². The Kier molecular flexibility index (Phi) is 5.12. The number of hydrogen-bond donors (Lipinski definition) is 0. The van der Waals surface area contributed by atoms with Crippen molar-refractivity contribution in [1.29, 1.82) is 0 Å². The fourth-order valence-corrected chi connectivity index (χ4v) is 9.41. The molecule has 45 heavy (non-hydrogen) atoms. The Bertz CT molecular complexity index is 2560. The van der Waals surface area contributed by atoms with Crippen LogP contribution in [0.3, 0.4) is 0 Å². The smallest absolute Gasteiger partial charge is 0.0537 e. The highest BCUT2D eigenvalue weighted by atomic mass is 32.1. The minimum absolute atomic E-state index is 0.0924. The Morgan fingerprint density at radius 2 is 1.42 bits per heavy atom. The third-order valence-corrected chi connectivity index (χ3v) is 11.6. The number of aryl methyl sites for hydroxylation is 1. The summed E-state index contributed by atoms with van der Waals surface area (Å²) in [6, 6.07) is 43.4. The molecule has 0 N–H and O–H groups in total. The molecular weight excluding hydrogens is 563 g/mol. The van der Waals surface area contributed by atoms with E-state index in [0.29, 0.717) is 0 Å². The maximum absolute atomic E-state index is 2.50. The van der Waals surface area contributed by atoms with E-state index in [1.54, 1.807) is 0 Å². The molecule has 6 aromatic carbocycles. The van der Waals surface area contributed by atoms with Gasteiger partial charge >= 0.3 is 0 Å². The van der Waals surface area contributed by atoms with Crippen molar-refractivity contribution in [2.45, 2.75) is 32.1 Å². The van der Waals surface area contributed by atoms with Gasteiger partial charge in [0.2, 0.25) is 0 Å². The SMILES string of the molecule is CC1(C)c2cc(-n3c4c(c5ccccc53)CCC=C4)ccc2-c2cc3sc4cc(-c5cccc6ccccc56)ccc4c3cc21. The van der Waals surface area contributed by atoms with Crippen LogP contribution in [0.1, 0.15) is 42.7 Å². The number of rotatable bonds is 2. The van der Waals surface area contributed by atoms with E-state index in [1.165, 1.54) is 92.2 Å². The van der Waals surface area contributed by atoms with Gasteiger partial charge in [-0.25, -0.2) is 0 Å². The first-order valence-corrected chi connectivity index (χ1v) is 16.8. The van der Waals surface area contributed by atoms with Crippen molar-refractivity contribution < 1.29 is 0 Å². The van der Waals surface area contributed by atoms with Gasteiger partial charge in [0, 0.05) is 42.4 Å². The van der Waals surface area contributed by atoms with Gasteiger partial charge in [-0.1, -0.05) is 98.8 Å². The number of thiophene rings is 1. The third kappa shape index (κ3) is 3.49. The van der Waals surface area contributed by atoms with Crippen LogP contribution in [0.2, 0.25) is 0 Å². The van der Waals surface area contributed by atoms with Crippen molar-refractivity contribution in [2.24, 2.45) is 0 Å². The molecule has 8 aromatic rings. The van der Waals surface area contributed by atoms with E-state index >= 15 is 0 Å². The fourth-order valence-electron chi connectivity index (χ4n) is 8.24. The summed E-state index contributed by atoms with van der Waals surface area (Å²) < 4.78 is 5.20. The Morgan fingerprint density at radius 1 is 0.622 bits per heavy atom. The molecule has 0 saturated heterocycles. The molecule has 0 spiro atoms. The lowest BCUT2D eigenvalue weighted by atomic mass is 9.82. The standard InChI is InChI=1S/C43H31NS/c1-43(2)37-23-28(44-39-16-7-5-13-32(39)33-14-6-8-17-40(33)44)19-21-31(37)35-25-42-36(24-38(35)43)34-20-18-27(22-41(34)45-42)30-15-9-11-26-10-3-4-12-29(26)30/h3-5,7-13,15-25H,6,14H2,1-2H3. The van der Waals surface area contributed by atoms with E-state index in [2.05, 4.69) is 146 Å². The molecule has 0 saturated carbocycles. The predicted octanol–water partition coefficient (Wildman–Crippen LogP) is 12.1. The van der Waals surface area contributed by atoms with E-state index in [-0.39, 0.29) is 5.41 Å². The summed E-state index contributed by atoms with van der Waals surface area (Å²) in [6.07, 6.45) is 6.88. The fraction of sp³-hybridized carbons (Fsp3) is 0.116. The molecule has 10 rings (SSSR count). The van der Waals surface area contributed by atoms with Gasteiger partial charge in [0.05, 0.1) is 5.52 Å². The molecule has 2 heterocycles. The van der Waals surface area contributed by atoms with Crippen LogP contribution in [0.15, 0.2) is 121 Å². The van der Waals surface area contributed by atoms with Crippen LogP contribution >= 0.6 is 11.3 Å². The van der Waals surface area contributed by atoms with Crippen LogP contribution in [-0.2, 0) is 11.8 Å². The van der Waals surface area contributed by atoms with Crippen LogP contribution in [0.5, 0.6) is 0 Å². The summed E-state index contributed by atoms with van der Waals surface area (Å²) in [5.41, 5.74) is 13.5. The number of benzene rings is 6. The highest BCUT2D eigenvalue weighted by Gasteiger charge is 2.36. The lowest BCUT2D eigenvalue weighted by molar-refractivity contribution is 0.660. The average Bonchev–Trinajstić information content (AvgIpc) is 3.68. The number of nitrogens with zero attached hydrogens (tertiary/aromatic N) is 1. The second-order valence-corrected chi connectivity index (χ2v) is 14.3. The van der Waals surface area contributed by atoms with Crippen molar-refractivity contribution in [3.8, 4) is 27.9 Å². The molecular formula is C43H31NS. The van der Waals surface area contributed by atoms with Crippen LogP contribution in [-0.4, -0.2) is 4.57 Å². The summed E-state index contributed by atoms with van der Waals surface area (Å²) >= 11 is 1.92. The molecule has 0 amide bonds. The number of allylic oxidation sites excluding steroid dienone is 1. The second-order valence-electron chi connectivity index (χ2n) is 13.2. The summed E-state index contributed by atoms with van der Waals surface area (Å²) in [7, 11) is 0. The molecule has 0 radical (unpaired) electrons. The second kappa shape index (κ2) is 9.06. The number of para-hydroxylation sites is 1. The molecule has 0 fully saturated rings. The molecule has 0 unspecified atom stereocenters. The monoisotopic (exact) mass is 593 g/mol. The summed E-state index contributed by atoms with van der Waals surface area (Å²) in [5, 5.41) is 6.70. The van der Waals surface area contributed by atoms with Gasteiger partial charge in [-0.2, -0.15) is 0 Å². The van der Waals surface area contributed by atoms with Crippen LogP contribution in [0.25, 0.3) is 75.9 Å².